The first kappa shape index (κ1) is 12.0. The lowest BCUT2D eigenvalue weighted by atomic mass is 10.0. The van der Waals surface area contributed by atoms with Crippen molar-refractivity contribution < 1.29 is 0 Å². The molecule has 0 aromatic heterocycles. The Hall–Kier alpha value is -0.0800. The average molecular weight is 198 g/mol. The van der Waals surface area contributed by atoms with Gasteiger partial charge in [-0.15, -0.1) is 0 Å². The van der Waals surface area contributed by atoms with Gasteiger partial charge in [-0.3, -0.25) is 0 Å². The average Bonchev–Trinajstić information content (AvgIpc) is 2.85. The van der Waals surface area contributed by atoms with E-state index < -0.39 is 0 Å². The Morgan fingerprint density at radius 2 is 2.00 bits per heavy atom. The molecule has 0 radical (unpaired) electrons. The Bertz CT molecular complexity index is 162. The first-order valence-electron chi connectivity index (χ1n) is 6.01. The third kappa shape index (κ3) is 4.43. The van der Waals surface area contributed by atoms with Gasteiger partial charge in [0.25, 0.3) is 0 Å². The Labute approximate surface area is 88.8 Å². The molecule has 1 saturated carbocycles. The van der Waals surface area contributed by atoms with Crippen molar-refractivity contribution >= 4 is 0 Å². The second-order valence-corrected chi connectivity index (χ2v) is 5.36. The highest BCUT2D eigenvalue weighted by Gasteiger charge is 2.27. The fourth-order valence-electron chi connectivity index (χ4n) is 1.99. The van der Waals surface area contributed by atoms with Crippen molar-refractivity contribution in [2.45, 2.75) is 46.1 Å². The predicted molar refractivity (Wildman–Crippen MR) is 62.5 cm³/mol. The highest BCUT2D eigenvalue weighted by atomic mass is 15.0. The summed E-state index contributed by atoms with van der Waals surface area (Å²) in [6, 6.07) is 0. The molecule has 0 aromatic rings. The van der Waals surface area contributed by atoms with Crippen LogP contribution >= 0.6 is 0 Å². The molecule has 0 saturated heterocycles. The molecule has 0 aliphatic heterocycles. The minimum Gasteiger partial charge on any atom is -0.315 e. The van der Waals surface area contributed by atoms with Crippen LogP contribution in [0.5, 0.6) is 0 Å². The van der Waals surface area contributed by atoms with Crippen molar-refractivity contribution in [3.8, 4) is 0 Å². The maximum Gasteiger partial charge on any atom is 0.0249 e. The van der Waals surface area contributed by atoms with Crippen LogP contribution < -0.4 is 10.6 Å². The highest BCUT2D eigenvalue weighted by Crippen LogP contribution is 2.36. The Kier molecular flexibility index (Phi) is 4.39. The van der Waals surface area contributed by atoms with Gasteiger partial charge in [0.05, 0.1) is 0 Å². The third-order valence-corrected chi connectivity index (χ3v) is 3.12. The highest BCUT2D eigenvalue weighted by molar-refractivity contribution is 4.83. The van der Waals surface area contributed by atoms with Crippen LogP contribution in [-0.2, 0) is 0 Å². The molecule has 84 valence electrons. The lowest BCUT2D eigenvalue weighted by molar-refractivity contribution is 0.353. The molecule has 0 heterocycles. The van der Waals surface area contributed by atoms with Crippen LogP contribution in [0.2, 0.25) is 0 Å². The van der Waals surface area contributed by atoms with Gasteiger partial charge in [0.1, 0.15) is 0 Å². The fraction of sp³-hybridized carbons (Fsp3) is 1.00. The molecule has 1 aliphatic carbocycles. The van der Waals surface area contributed by atoms with Crippen molar-refractivity contribution in [2.24, 2.45) is 11.8 Å². The molecule has 1 aliphatic rings. The molecule has 14 heavy (non-hydrogen) atoms. The largest absolute Gasteiger partial charge is 0.315 e. The monoisotopic (exact) mass is 198 g/mol. The maximum atomic E-state index is 3.57. The van der Waals surface area contributed by atoms with Gasteiger partial charge in [-0.25, -0.2) is 0 Å². The van der Waals surface area contributed by atoms with Gasteiger partial charge in [-0.2, -0.15) is 0 Å². The van der Waals surface area contributed by atoms with E-state index in [-0.39, 0.29) is 5.54 Å². The van der Waals surface area contributed by atoms with Crippen LogP contribution in [0.4, 0.5) is 0 Å². The molecule has 1 atom stereocenters. The zero-order chi connectivity index (χ0) is 10.6. The quantitative estimate of drug-likeness (QED) is 0.654. The van der Waals surface area contributed by atoms with E-state index in [9.17, 15) is 0 Å². The SMILES string of the molecule is CCNC(C)(C)CNCC(C)C1CC1. The molecule has 0 spiro atoms. The lowest BCUT2D eigenvalue weighted by Crippen LogP contribution is -2.48. The first-order valence-corrected chi connectivity index (χ1v) is 6.01. The molecule has 0 amide bonds. The van der Waals surface area contributed by atoms with Crippen LogP contribution in [0, 0.1) is 11.8 Å². The van der Waals surface area contributed by atoms with Crippen molar-refractivity contribution in [1.82, 2.24) is 10.6 Å². The number of nitrogens with one attached hydrogen (secondary N) is 2. The summed E-state index contributed by atoms with van der Waals surface area (Å²) in [6.45, 7) is 12.3. The van der Waals surface area contributed by atoms with E-state index in [0.717, 1.165) is 24.9 Å². The van der Waals surface area contributed by atoms with Crippen molar-refractivity contribution in [2.75, 3.05) is 19.6 Å². The van der Waals surface area contributed by atoms with Gasteiger partial charge in [0, 0.05) is 12.1 Å². The van der Waals surface area contributed by atoms with Crippen LogP contribution in [0.15, 0.2) is 0 Å². The van der Waals surface area contributed by atoms with Crippen LogP contribution in [0.3, 0.4) is 0 Å². The van der Waals surface area contributed by atoms with Crippen LogP contribution in [0.1, 0.15) is 40.5 Å². The minimum atomic E-state index is 0.234. The molecule has 2 nitrogen and oxygen atoms in total. The van der Waals surface area contributed by atoms with E-state index >= 15 is 0 Å². The van der Waals surface area contributed by atoms with Crippen LogP contribution in [-0.4, -0.2) is 25.2 Å². The standard InChI is InChI=1S/C12H26N2/c1-5-14-12(3,4)9-13-8-10(2)11-6-7-11/h10-11,13-14H,5-9H2,1-4H3. The first-order chi connectivity index (χ1) is 6.55. The zero-order valence-electron chi connectivity index (χ0n) is 10.2. The number of rotatable bonds is 7. The number of likely N-dealkylation sites (N-methyl/N-ethyl adjacent to an activating group) is 1. The van der Waals surface area contributed by atoms with E-state index in [2.05, 4.69) is 38.3 Å². The van der Waals surface area contributed by atoms with Crippen LogP contribution in [0.25, 0.3) is 0 Å². The van der Waals surface area contributed by atoms with E-state index in [4.69, 9.17) is 0 Å². The molecule has 2 heteroatoms. The maximum absolute atomic E-state index is 3.57. The molecule has 0 bridgehead atoms. The van der Waals surface area contributed by atoms with E-state index in [0.29, 0.717) is 0 Å². The molecule has 2 N–H and O–H groups in total. The number of hydrogen-bond donors (Lipinski definition) is 2. The predicted octanol–water partition coefficient (Wildman–Crippen LogP) is 2.01. The summed E-state index contributed by atoms with van der Waals surface area (Å²) in [5.41, 5.74) is 0.234. The van der Waals surface area contributed by atoms with Crippen molar-refractivity contribution in [3.63, 3.8) is 0 Å². The van der Waals surface area contributed by atoms with Crippen molar-refractivity contribution in [1.29, 1.82) is 0 Å². The van der Waals surface area contributed by atoms with E-state index in [1.165, 1.54) is 19.4 Å². The molecule has 1 unspecified atom stereocenters. The van der Waals surface area contributed by atoms with Gasteiger partial charge in [0.15, 0.2) is 0 Å². The Morgan fingerprint density at radius 1 is 1.36 bits per heavy atom. The summed E-state index contributed by atoms with van der Waals surface area (Å²) in [6.07, 6.45) is 2.92. The molecular formula is C12H26N2. The summed E-state index contributed by atoms with van der Waals surface area (Å²) in [4.78, 5) is 0. The summed E-state index contributed by atoms with van der Waals surface area (Å²) in [5, 5.41) is 7.05. The number of hydrogen-bond acceptors (Lipinski definition) is 2. The smallest absolute Gasteiger partial charge is 0.0249 e. The summed E-state index contributed by atoms with van der Waals surface area (Å²) >= 11 is 0. The Morgan fingerprint density at radius 3 is 2.50 bits per heavy atom. The second-order valence-electron chi connectivity index (χ2n) is 5.36. The van der Waals surface area contributed by atoms with Gasteiger partial charge >= 0.3 is 0 Å². The normalized spacial score (nSPS) is 19.7. The second kappa shape index (κ2) is 5.13. The summed E-state index contributed by atoms with van der Waals surface area (Å²) in [7, 11) is 0. The molecular weight excluding hydrogens is 172 g/mol. The lowest BCUT2D eigenvalue weighted by Gasteiger charge is -2.27. The molecule has 1 fully saturated rings. The molecule has 1 rings (SSSR count). The van der Waals surface area contributed by atoms with Crippen molar-refractivity contribution in [3.05, 3.63) is 0 Å². The summed E-state index contributed by atoms with van der Waals surface area (Å²) < 4.78 is 0. The minimum absolute atomic E-state index is 0.234. The van der Waals surface area contributed by atoms with Gasteiger partial charge in [-0.1, -0.05) is 13.8 Å². The van der Waals surface area contributed by atoms with E-state index in [1.54, 1.807) is 0 Å². The topological polar surface area (TPSA) is 24.1 Å². The summed E-state index contributed by atoms with van der Waals surface area (Å²) in [5.74, 6) is 1.89. The van der Waals surface area contributed by atoms with E-state index in [1.807, 2.05) is 0 Å². The van der Waals surface area contributed by atoms with Gasteiger partial charge in [-0.05, 0) is 51.6 Å². The van der Waals surface area contributed by atoms with Gasteiger partial charge < -0.3 is 10.6 Å². The third-order valence-electron chi connectivity index (χ3n) is 3.12. The van der Waals surface area contributed by atoms with Gasteiger partial charge in [0.2, 0.25) is 0 Å². The fourth-order valence-corrected chi connectivity index (χ4v) is 1.99. The molecule has 0 aromatic carbocycles. The zero-order valence-corrected chi connectivity index (χ0v) is 10.2. The Balaban J connectivity index is 2.06.